The number of nitrogens with zero attached hydrogens (tertiary/aromatic N) is 6. The highest BCUT2D eigenvalue weighted by molar-refractivity contribution is 5.32. The molecule has 0 aliphatic rings. The molecule has 0 amide bonds. The van der Waals surface area contributed by atoms with Crippen molar-refractivity contribution in [2.45, 2.75) is 90.1 Å². The van der Waals surface area contributed by atoms with Crippen LogP contribution in [-0.4, -0.2) is 47.5 Å². The van der Waals surface area contributed by atoms with Gasteiger partial charge < -0.3 is 9.15 Å². The van der Waals surface area contributed by atoms with E-state index in [-0.39, 0.29) is 12.2 Å². The number of isocyanates is 2. The zero-order valence-corrected chi connectivity index (χ0v) is 20.9. The fourth-order valence-electron chi connectivity index (χ4n) is 3.57. The molecule has 0 radical (unpaired) electrons. The van der Waals surface area contributed by atoms with Gasteiger partial charge in [-0.05, 0) is 44.9 Å². The van der Waals surface area contributed by atoms with Crippen molar-refractivity contribution in [2.24, 2.45) is 15.0 Å². The highest BCUT2D eigenvalue weighted by Gasteiger charge is 2.11. The number of nitriles is 1. The Labute approximate surface area is 210 Å². The van der Waals surface area contributed by atoms with Gasteiger partial charge in [0, 0.05) is 19.6 Å². The van der Waals surface area contributed by atoms with E-state index in [1.165, 1.54) is 16.7 Å². The Morgan fingerprint density at radius 3 is 1.83 bits per heavy atom. The first-order valence-corrected chi connectivity index (χ1v) is 12.6. The number of aliphatic imine (C=N–C) groups is 2. The van der Waals surface area contributed by atoms with Gasteiger partial charge in [-0.15, -0.1) is 0 Å². The Morgan fingerprint density at radius 1 is 0.722 bits per heavy atom. The van der Waals surface area contributed by atoms with Crippen LogP contribution in [0.2, 0.25) is 0 Å². The summed E-state index contributed by atoms with van der Waals surface area (Å²) in [7, 11) is 0. The van der Waals surface area contributed by atoms with Crippen LogP contribution < -0.4 is 17.1 Å². The molecule has 12 heteroatoms. The fraction of sp³-hybridized carbons (Fsp3) is 0.750. The summed E-state index contributed by atoms with van der Waals surface area (Å²) in [6, 6.07) is 0. The van der Waals surface area contributed by atoms with Crippen LogP contribution in [0.15, 0.2) is 29.0 Å². The van der Waals surface area contributed by atoms with Crippen LogP contribution >= 0.6 is 0 Å². The summed E-state index contributed by atoms with van der Waals surface area (Å²) in [6.45, 7) is 2.29. The van der Waals surface area contributed by atoms with E-state index >= 15 is 0 Å². The summed E-state index contributed by atoms with van der Waals surface area (Å²) in [5.74, 6) is -0.721. The molecule has 1 heterocycles. The second-order valence-electron chi connectivity index (χ2n) is 8.25. The van der Waals surface area contributed by atoms with Crippen LogP contribution in [0.3, 0.4) is 0 Å². The number of aromatic nitrogens is 2. The van der Waals surface area contributed by atoms with E-state index in [9.17, 15) is 19.2 Å². The zero-order valence-electron chi connectivity index (χ0n) is 20.9. The lowest BCUT2D eigenvalue weighted by Gasteiger charge is -2.10. The van der Waals surface area contributed by atoms with Crippen LogP contribution in [-0.2, 0) is 27.4 Å². The molecule has 0 spiro atoms. The Bertz CT molecular complexity index is 1070. The van der Waals surface area contributed by atoms with Gasteiger partial charge in [0.05, 0.1) is 13.1 Å². The summed E-state index contributed by atoms with van der Waals surface area (Å²) in [5.41, 5.74) is -0.402. The smallest absolute Gasteiger partial charge is 0.425 e. The van der Waals surface area contributed by atoms with Gasteiger partial charge in [-0.1, -0.05) is 32.1 Å². The van der Waals surface area contributed by atoms with Crippen LogP contribution in [0.4, 0.5) is 0 Å². The average molecular weight is 505 g/mol. The topological polar surface area (TPSA) is 161 Å². The fourth-order valence-corrected chi connectivity index (χ4v) is 3.57. The summed E-state index contributed by atoms with van der Waals surface area (Å²) in [5, 5.41) is 8.36. The van der Waals surface area contributed by atoms with Gasteiger partial charge >= 0.3 is 17.1 Å². The quantitative estimate of drug-likeness (QED) is 0.107. The summed E-state index contributed by atoms with van der Waals surface area (Å²) in [4.78, 5) is 57.3. The van der Waals surface area contributed by atoms with E-state index in [0.29, 0.717) is 45.6 Å². The molecule has 0 aromatic carbocycles. The number of hydrogen-bond acceptors (Lipinski definition) is 10. The summed E-state index contributed by atoms with van der Waals surface area (Å²) in [6.07, 6.45) is 14.1. The monoisotopic (exact) mass is 504 g/mol. The van der Waals surface area contributed by atoms with Gasteiger partial charge in [0.1, 0.15) is 6.61 Å². The molecule has 1 rings (SSSR count). The third-order valence-electron chi connectivity index (χ3n) is 5.49. The molecule has 0 bridgehead atoms. The standard InChI is InChI=1S/C24H36N6O6/c25-19-35-18-12-6-3-9-15-28-22-29(16-10-4-1-7-13-26-20-31)23(33)30(24(34)36-22)17-11-5-2-8-14-27-21-32/h1-18H2. The zero-order chi connectivity index (χ0) is 26.3. The number of ether oxygens (including phenoxy) is 1. The molecule has 0 atom stereocenters. The first kappa shape index (κ1) is 30.5. The maximum absolute atomic E-state index is 13.1. The molecule has 36 heavy (non-hydrogen) atoms. The van der Waals surface area contributed by atoms with Crippen molar-refractivity contribution in [3.8, 4) is 6.26 Å². The minimum Gasteiger partial charge on any atom is -0.428 e. The van der Waals surface area contributed by atoms with Crippen LogP contribution in [0.25, 0.3) is 0 Å². The Kier molecular flexibility index (Phi) is 17.6. The lowest BCUT2D eigenvalue weighted by molar-refractivity contribution is 0.260. The molecule has 198 valence electrons. The first-order valence-electron chi connectivity index (χ1n) is 12.6. The predicted octanol–water partition coefficient (Wildman–Crippen LogP) is 2.35. The molecule has 0 saturated carbocycles. The Hall–Kier alpha value is -3.54. The predicted molar refractivity (Wildman–Crippen MR) is 131 cm³/mol. The molecule has 0 N–H and O–H groups in total. The molecule has 0 aliphatic carbocycles. The number of rotatable bonds is 21. The van der Waals surface area contributed by atoms with E-state index < -0.39 is 11.4 Å². The van der Waals surface area contributed by atoms with Gasteiger partial charge in [-0.3, -0.25) is 0 Å². The van der Waals surface area contributed by atoms with E-state index in [1.54, 1.807) is 6.26 Å². The Balaban J connectivity index is 2.80. The second kappa shape index (κ2) is 20.8. The average Bonchev–Trinajstić information content (AvgIpc) is 2.87. The maximum Gasteiger partial charge on any atom is 0.425 e. The summed E-state index contributed by atoms with van der Waals surface area (Å²) >= 11 is 0. The minimum atomic E-state index is -0.721. The maximum atomic E-state index is 13.1. The number of unbranched alkanes of at least 4 members (excludes halogenated alkanes) is 9. The van der Waals surface area contributed by atoms with Crippen molar-refractivity contribution in [2.75, 3.05) is 26.2 Å². The second-order valence-corrected chi connectivity index (χ2v) is 8.25. The molecule has 12 nitrogen and oxygen atoms in total. The Morgan fingerprint density at radius 2 is 1.25 bits per heavy atom. The molecule has 1 aromatic rings. The van der Waals surface area contributed by atoms with E-state index in [2.05, 4.69) is 19.7 Å². The lowest BCUT2D eigenvalue weighted by Crippen LogP contribution is -2.47. The summed E-state index contributed by atoms with van der Waals surface area (Å²) < 4.78 is 12.6. The van der Waals surface area contributed by atoms with E-state index in [1.807, 2.05) is 0 Å². The third kappa shape index (κ3) is 13.4. The third-order valence-corrected chi connectivity index (χ3v) is 5.49. The molecule has 1 aromatic heterocycles. The van der Waals surface area contributed by atoms with Crippen molar-refractivity contribution >= 4 is 12.2 Å². The molecule has 0 fully saturated rings. The highest BCUT2D eigenvalue weighted by Crippen LogP contribution is 2.03. The van der Waals surface area contributed by atoms with Crippen molar-refractivity contribution in [1.29, 1.82) is 5.26 Å². The largest absolute Gasteiger partial charge is 0.428 e. The van der Waals surface area contributed by atoms with Crippen LogP contribution in [0, 0.1) is 11.5 Å². The van der Waals surface area contributed by atoms with Crippen molar-refractivity contribution in [3.63, 3.8) is 0 Å². The van der Waals surface area contributed by atoms with Crippen molar-refractivity contribution in [3.05, 3.63) is 26.7 Å². The van der Waals surface area contributed by atoms with Crippen molar-refractivity contribution < 1.29 is 18.7 Å². The number of carbonyl (C=O) groups excluding carboxylic acids is 2. The SMILES string of the molecule is N#COCCCCCCN=c1oc(=O)n(CCCCCCN=C=O)c(=O)n1CCCCCCN=C=O. The first-order chi connectivity index (χ1) is 17.7. The van der Waals surface area contributed by atoms with Gasteiger partial charge in [-0.25, -0.2) is 43.3 Å². The lowest BCUT2D eigenvalue weighted by atomic mass is 10.2. The molecular formula is C24H36N6O6. The van der Waals surface area contributed by atoms with Gasteiger partial charge in [0.15, 0.2) is 0 Å². The normalized spacial score (nSPS) is 10.9. The molecular weight excluding hydrogens is 468 g/mol. The van der Waals surface area contributed by atoms with Crippen LogP contribution in [0.5, 0.6) is 0 Å². The van der Waals surface area contributed by atoms with Gasteiger partial charge in [-0.2, -0.15) is 5.26 Å². The van der Waals surface area contributed by atoms with E-state index in [4.69, 9.17) is 9.68 Å². The highest BCUT2D eigenvalue weighted by atomic mass is 16.5. The van der Waals surface area contributed by atoms with Crippen molar-refractivity contribution in [1.82, 2.24) is 9.13 Å². The van der Waals surface area contributed by atoms with Gasteiger partial charge in [0.25, 0.3) is 6.26 Å². The minimum absolute atomic E-state index is 0.0337. The molecule has 0 aliphatic heterocycles. The van der Waals surface area contributed by atoms with Crippen LogP contribution in [0.1, 0.15) is 77.0 Å². The molecule has 0 saturated heterocycles. The van der Waals surface area contributed by atoms with E-state index in [0.717, 1.165) is 68.8 Å². The molecule has 0 unspecified atom stereocenters. The number of hydrogen-bond donors (Lipinski definition) is 0. The van der Waals surface area contributed by atoms with Gasteiger partial charge in [0.2, 0.25) is 12.2 Å².